The van der Waals surface area contributed by atoms with Crippen molar-refractivity contribution in [1.29, 1.82) is 0 Å². The van der Waals surface area contributed by atoms with E-state index >= 15 is 0 Å². The zero-order valence-corrected chi connectivity index (χ0v) is 32.0. The molecule has 58 heavy (non-hydrogen) atoms. The van der Waals surface area contributed by atoms with Crippen molar-refractivity contribution in [2.75, 3.05) is 4.90 Å². The Morgan fingerprint density at radius 1 is 0.466 bits per heavy atom. The molecule has 2 heterocycles. The van der Waals surface area contributed by atoms with Crippen LogP contribution in [0.25, 0.3) is 88.3 Å². The Morgan fingerprint density at radius 3 is 1.95 bits per heavy atom. The van der Waals surface area contributed by atoms with Crippen LogP contribution in [0.5, 0.6) is 0 Å². The van der Waals surface area contributed by atoms with E-state index in [0.717, 1.165) is 77.2 Å². The highest BCUT2D eigenvalue weighted by molar-refractivity contribution is 6.32. The highest BCUT2D eigenvalue weighted by atomic mass is 16.3. The van der Waals surface area contributed by atoms with Crippen molar-refractivity contribution in [3.05, 3.63) is 193 Å². The van der Waals surface area contributed by atoms with Crippen LogP contribution in [0.3, 0.4) is 0 Å². The van der Waals surface area contributed by atoms with E-state index in [-0.39, 0.29) is 5.41 Å². The van der Waals surface area contributed by atoms with Crippen LogP contribution < -0.4 is 4.90 Å². The molecule has 0 fully saturated rings. The van der Waals surface area contributed by atoms with Crippen molar-refractivity contribution in [3.8, 4) is 33.7 Å². The van der Waals surface area contributed by atoms with Crippen LogP contribution in [0.2, 0.25) is 0 Å². The minimum Gasteiger partial charge on any atom is -0.454 e. The van der Waals surface area contributed by atoms with Crippen molar-refractivity contribution in [2.45, 2.75) is 19.3 Å². The maximum Gasteiger partial charge on any atom is 0.227 e. The van der Waals surface area contributed by atoms with Gasteiger partial charge in [0.1, 0.15) is 11.1 Å². The second kappa shape index (κ2) is 12.3. The van der Waals surface area contributed by atoms with Crippen LogP contribution in [-0.4, -0.2) is 4.98 Å². The second-order valence-corrected chi connectivity index (χ2v) is 15.9. The lowest BCUT2D eigenvalue weighted by atomic mass is 9.82. The number of benzene rings is 9. The number of para-hydroxylation sites is 1. The molecule has 0 atom stereocenters. The number of anilines is 3. The van der Waals surface area contributed by atoms with Crippen LogP contribution in [0, 0.1) is 0 Å². The van der Waals surface area contributed by atoms with Crippen molar-refractivity contribution >= 4 is 71.6 Å². The first-order valence-electron chi connectivity index (χ1n) is 19.9. The number of furan rings is 1. The number of fused-ring (bicyclic) bond motifs is 12. The molecule has 1 aliphatic rings. The van der Waals surface area contributed by atoms with Gasteiger partial charge in [-0.25, -0.2) is 4.98 Å². The van der Waals surface area contributed by atoms with Gasteiger partial charge in [0, 0.05) is 43.9 Å². The predicted molar refractivity (Wildman–Crippen MR) is 239 cm³/mol. The summed E-state index contributed by atoms with van der Waals surface area (Å²) in [5.41, 5.74) is 14.7. The monoisotopic (exact) mass is 744 g/mol. The molecule has 9 aromatic carbocycles. The molecule has 4 heteroatoms. The molecule has 0 amide bonds. The van der Waals surface area contributed by atoms with Crippen LogP contribution in [-0.2, 0) is 5.41 Å². The Hall–Kier alpha value is -7.43. The van der Waals surface area contributed by atoms with Gasteiger partial charge in [-0.15, -0.1) is 0 Å². The van der Waals surface area contributed by atoms with Gasteiger partial charge >= 0.3 is 0 Å². The van der Waals surface area contributed by atoms with E-state index in [1.165, 1.54) is 33.4 Å². The summed E-state index contributed by atoms with van der Waals surface area (Å²) in [7, 11) is 0. The summed E-state index contributed by atoms with van der Waals surface area (Å²) >= 11 is 0. The van der Waals surface area contributed by atoms with Gasteiger partial charge in [-0.05, 0) is 98.8 Å². The molecule has 0 bridgehead atoms. The maximum absolute atomic E-state index is 7.04. The molecular weight excluding hydrogens is 709 g/mol. The largest absolute Gasteiger partial charge is 0.454 e. The SMILES string of the molecule is CC1(C)c2ccccc2-c2cc(N(c3ccc(-c4ccccc4)cc3)c3cc4ccc5ccc6nc(-c7ccccc7)oc6c5c4c4c3oc3ccccc34)ccc21. The summed E-state index contributed by atoms with van der Waals surface area (Å²) < 4.78 is 13.8. The lowest BCUT2D eigenvalue weighted by Gasteiger charge is -2.28. The summed E-state index contributed by atoms with van der Waals surface area (Å²) in [6.07, 6.45) is 0. The molecule has 12 rings (SSSR count). The van der Waals surface area contributed by atoms with Gasteiger partial charge in [0.05, 0.1) is 5.69 Å². The van der Waals surface area contributed by atoms with Gasteiger partial charge in [-0.2, -0.15) is 0 Å². The molecule has 1 aliphatic carbocycles. The Bertz CT molecular complexity index is 3410. The van der Waals surface area contributed by atoms with Gasteiger partial charge < -0.3 is 13.7 Å². The fourth-order valence-corrected chi connectivity index (χ4v) is 9.47. The minimum atomic E-state index is -0.102. The average molecular weight is 745 g/mol. The summed E-state index contributed by atoms with van der Waals surface area (Å²) in [5.74, 6) is 0.608. The standard InChI is InChI=1S/C54H36N2O2/c1-54(2)43-19-11-9-17-40(43)42-32-39(28-29-44(42)54)56(38-26-23-34(24-27-38)33-13-5-3-6-14-33)46-31-37-22-21-35-25-30-45-51(58-53(55-45)36-15-7-4-8-16-36)49(35)48(37)50-41-18-10-12-20-47(41)57-52(46)50/h3-32H,1-2H3. The number of aromatic nitrogens is 1. The van der Waals surface area contributed by atoms with Crippen LogP contribution >= 0.6 is 0 Å². The van der Waals surface area contributed by atoms with Crippen LogP contribution in [0.4, 0.5) is 17.1 Å². The normalized spacial score (nSPS) is 13.1. The Kier molecular flexibility index (Phi) is 6.94. The number of rotatable bonds is 5. The molecule has 11 aromatic rings. The van der Waals surface area contributed by atoms with E-state index in [4.69, 9.17) is 13.8 Å². The van der Waals surface area contributed by atoms with Crippen LogP contribution in [0.1, 0.15) is 25.0 Å². The van der Waals surface area contributed by atoms with E-state index in [0.29, 0.717) is 5.89 Å². The van der Waals surface area contributed by atoms with E-state index in [2.05, 4.69) is 164 Å². The van der Waals surface area contributed by atoms with Gasteiger partial charge in [-0.1, -0.05) is 141 Å². The van der Waals surface area contributed by atoms with E-state index in [1.54, 1.807) is 0 Å². The Morgan fingerprint density at radius 2 is 1.12 bits per heavy atom. The number of nitrogens with zero attached hydrogens (tertiary/aromatic N) is 2. The number of hydrogen-bond acceptors (Lipinski definition) is 4. The molecular formula is C54H36N2O2. The smallest absolute Gasteiger partial charge is 0.227 e. The van der Waals surface area contributed by atoms with E-state index in [9.17, 15) is 0 Å². The molecule has 274 valence electrons. The molecule has 4 nitrogen and oxygen atoms in total. The zero-order valence-electron chi connectivity index (χ0n) is 32.0. The summed E-state index contributed by atoms with van der Waals surface area (Å²) in [6.45, 7) is 4.66. The fourth-order valence-electron chi connectivity index (χ4n) is 9.47. The van der Waals surface area contributed by atoms with Crippen molar-refractivity contribution < 1.29 is 8.83 Å². The lowest BCUT2D eigenvalue weighted by Crippen LogP contribution is -2.15. The summed E-state index contributed by atoms with van der Waals surface area (Å²) in [4.78, 5) is 7.36. The maximum atomic E-state index is 7.04. The van der Waals surface area contributed by atoms with Crippen molar-refractivity contribution in [2.24, 2.45) is 0 Å². The third-order valence-electron chi connectivity index (χ3n) is 12.3. The Balaban J connectivity index is 1.16. The molecule has 0 unspecified atom stereocenters. The van der Waals surface area contributed by atoms with Gasteiger partial charge in [0.25, 0.3) is 0 Å². The fraction of sp³-hybridized carbons (Fsp3) is 0.0556. The third kappa shape index (κ3) is 4.78. The summed E-state index contributed by atoms with van der Waals surface area (Å²) in [5, 5.41) is 6.40. The average Bonchev–Trinajstić information content (AvgIpc) is 3.96. The Labute approximate surface area is 335 Å². The van der Waals surface area contributed by atoms with Crippen LogP contribution in [0.15, 0.2) is 191 Å². The molecule has 0 spiro atoms. The minimum absolute atomic E-state index is 0.102. The quantitative estimate of drug-likeness (QED) is 0.165. The molecule has 2 aromatic heterocycles. The number of hydrogen-bond donors (Lipinski definition) is 0. The zero-order chi connectivity index (χ0) is 38.5. The number of oxazole rings is 1. The van der Waals surface area contributed by atoms with Gasteiger partial charge in [-0.3, -0.25) is 0 Å². The first kappa shape index (κ1) is 32.8. The molecule has 0 aliphatic heterocycles. The third-order valence-corrected chi connectivity index (χ3v) is 12.3. The highest BCUT2D eigenvalue weighted by Gasteiger charge is 2.36. The predicted octanol–water partition coefficient (Wildman–Crippen LogP) is 15.1. The first-order chi connectivity index (χ1) is 28.5. The van der Waals surface area contributed by atoms with Gasteiger partial charge in [0.15, 0.2) is 11.2 Å². The highest BCUT2D eigenvalue weighted by Crippen LogP contribution is 2.52. The van der Waals surface area contributed by atoms with E-state index < -0.39 is 0 Å². The van der Waals surface area contributed by atoms with Gasteiger partial charge in [0.2, 0.25) is 5.89 Å². The van der Waals surface area contributed by atoms with Crippen molar-refractivity contribution in [3.63, 3.8) is 0 Å². The molecule has 0 saturated heterocycles. The summed E-state index contributed by atoms with van der Waals surface area (Å²) in [6, 6.07) is 64.7. The van der Waals surface area contributed by atoms with E-state index in [1.807, 2.05) is 36.4 Å². The molecule has 0 N–H and O–H groups in total. The molecule has 0 radical (unpaired) electrons. The molecule has 0 saturated carbocycles. The lowest BCUT2D eigenvalue weighted by molar-refractivity contribution is 0.623. The topological polar surface area (TPSA) is 42.4 Å². The second-order valence-electron chi connectivity index (χ2n) is 15.9. The first-order valence-corrected chi connectivity index (χ1v) is 19.9. The van der Waals surface area contributed by atoms with Crippen molar-refractivity contribution in [1.82, 2.24) is 4.98 Å².